The number of H-pyrrole nitrogens is 1. The van der Waals surface area contributed by atoms with Crippen LogP contribution in [0.4, 0.5) is 5.69 Å². The van der Waals surface area contributed by atoms with Crippen LogP contribution in [-0.4, -0.2) is 9.97 Å². The van der Waals surface area contributed by atoms with Crippen molar-refractivity contribution in [3.05, 3.63) is 58.3 Å². The molecule has 0 radical (unpaired) electrons. The van der Waals surface area contributed by atoms with Gasteiger partial charge in [-0.05, 0) is 23.8 Å². The van der Waals surface area contributed by atoms with Crippen LogP contribution >= 0.6 is 0 Å². The minimum Gasteiger partial charge on any atom is -0.377 e. The maximum absolute atomic E-state index is 11.6. The Morgan fingerprint density at radius 2 is 2.06 bits per heavy atom. The highest BCUT2D eigenvalue weighted by atomic mass is 16.1. The van der Waals surface area contributed by atoms with Crippen LogP contribution in [-0.2, 0) is 6.42 Å². The molecule has 0 aromatic carbocycles. The van der Waals surface area contributed by atoms with Gasteiger partial charge in [-0.25, -0.2) is 0 Å². The first-order valence-corrected chi connectivity index (χ1v) is 5.21. The monoisotopic (exact) mass is 213 g/mol. The van der Waals surface area contributed by atoms with Crippen molar-refractivity contribution in [1.82, 2.24) is 9.97 Å². The lowest BCUT2D eigenvalue weighted by molar-refractivity contribution is 0.816. The number of nitrogens with zero attached hydrogens (tertiary/aromatic N) is 1. The summed E-state index contributed by atoms with van der Waals surface area (Å²) in [7, 11) is 0. The van der Waals surface area contributed by atoms with Crippen molar-refractivity contribution in [2.75, 3.05) is 5.32 Å². The third-order valence-corrected chi connectivity index (χ3v) is 2.91. The van der Waals surface area contributed by atoms with Crippen LogP contribution in [0.15, 0.2) is 41.6 Å². The van der Waals surface area contributed by atoms with Crippen molar-refractivity contribution in [2.45, 2.75) is 12.5 Å². The molecule has 0 aliphatic carbocycles. The maximum atomic E-state index is 11.6. The number of fused-ring (bicyclic) bond motifs is 1. The van der Waals surface area contributed by atoms with E-state index in [0.717, 1.165) is 23.2 Å². The van der Waals surface area contributed by atoms with Crippen LogP contribution in [0.5, 0.6) is 0 Å². The van der Waals surface area contributed by atoms with Crippen LogP contribution in [0.25, 0.3) is 0 Å². The lowest BCUT2D eigenvalue weighted by Crippen LogP contribution is -2.10. The molecule has 80 valence electrons. The second-order valence-electron chi connectivity index (χ2n) is 3.88. The van der Waals surface area contributed by atoms with Gasteiger partial charge in [0.25, 0.3) is 5.56 Å². The van der Waals surface area contributed by atoms with Crippen LogP contribution in [0.1, 0.15) is 17.2 Å². The Morgan fingerprint density at radius 3 is 2.81 bits per heavy atom. The summed E-state index contributed by atoms with van der Waals surface area (Å²) in [5.74, 6) is 0. The van der Waals surface area contributed by atoms with Gasteiger partial charge in [-0.15, -0.1) is 0 Å². The lowest BCUT2D eigenvalue weighted by atomic mass is 10.1. The summed E-state index contributed by atoms with van der Waals surface area (Å²) in [5, 5.41) is 3.34. The van der Waals surface area contributed by atoms with Gasteiger partial charge in [0.15, 0.2) is 0 Å². The average Bonchev–Trinajstić information content (AvgIpc) is 2.76. The normalized spacial score (nSPS) is 17.9. The molecule has 3 rings (SSSR count). The number of aromatic amines is 1. The number of rotatable bonds is 1. The standard InChI is InChI=1S/C12H11N3O/c16-12-9-7-11(8-1-4-13-5-2-8)15-10(9)3-6-14-12/h1-6,11,15H,7H2,(H,14,16). The largest absolute Gasteiger partial charge is 0.377 e. The van der Waals surface area contributed by atoms with Crippen LogP contribution in [0, 0.1) is 0 Å². The summed E-state index contributed by atoms with van der Waals surface area (Å²) in [4.78, 5) is 18.3. The van der Waals surface area contributed by atoms with Gasteiger partial charge in [-0.1, -0.05) is 0 Å². The second-order valence-corrected chi connectivity index (χ2v) is 3.88. The molecule has 2 N–H and O–H groups in total. The molecule has 0 fully saturated rings. The van der Waals surface area contributed by atoms with Gasteiger partial charge in [0.1, 0.15) is 0 Å². The van der Waals surface area contributed by atoms with E-state index in [1.54, 1.807) is 18.6 Å². The molecule has 1 aliphatic heterocycles. The summed E-state index contributed by atoms with van der Waals surface area (Å²) in [6, 6.07) is 6.02. The fourth-order valence-corrected chi connectivity index (χ4v) is 2.09. The summed E-state index contributed by atoms with van der Waals surface area (Å²) in [6.07, 6.45) is 5.94. The van der Waals surface area contributed by atoms with Gasteiger partial charge < -0.3 is 10.3 Å². The van der Waals surface area contributed by atoms with Gasteiger partial charge in [0.05, 0.1) is 6.04 Å². The SMILES string of the molecule is O=c1[nH]ccc2c1CC(c1ccncc1)N2. The number of pyridine rings is 2. The quantitative estimate of drug-likeness (QED) is 0.754. The highest BCUT2D eigenvalue weighted by molar-refractivity contribution is 5.56. The molecule has 4 nitrogen and oxygen atoms in total. The molecule has 0 spiro atoms. The third-order valence-electron chi connectivity index (χ3n) is 2.91. The van der Waals surface area contributed by atoms with Gasteiger partial charge in [-0.3, -0.25) is 9.78 Å². The van der Waals surface area contributed by atoms with Crippen molar-refractivity contribution in [1.29, 1.82) is 0 Å². The molecular weight excluding hydrogens is 202 g/mol. The van der Waals surface area contributed by atoms with Crippen molar-refractivity contribution in [3.8, 4) is 0 Å². The van der Waals surface area contributed by atoms with Gasteiger partial charge >= 0.3 is 0 Å². The fourth-order valence-electron chi connectivity index (χ4n) is 2.09. The van der Waals surface area contributed by atoms with Gasteiger partial charge in [0, 0.05) is 36.3 Å². The van der Waals surface area contributed by atoms with Crippen LogP contribution in [0.2, 0.25) is 0 Å². The Morgan fingerprint density at radius 1 is 1.25 bits per heavy atom. The van der Waals surface area contributed by atoms with E-state index in [2.05, 4.69) is 15.3 Å². The van der Waals surface area contributed by atoms with E-state index in [1.807, 2.05) is 18.2 Å². The Balaban J connectivity index is 1.97. The highest BCUT2D eigenvalue weighted by Crippen LogP contribution is 2.31. The zero-order valence-corrected chi connectivity index (χ0v) is 8.60. The molecule has 0 bridgehead atoms. The number of hydrogen-bond acceptors (Lipinski definition) is 3. The molecule has 1 aliphatic rings. The number of nitrogens with one attached hydrogen (secondary N) is 2. The van der Waals surface area contributed by atoms with Gasteiger partial charge in [-0.2, -0.15) is 0 Å². The molecule has 0 saturated carbocycles. The second kappa shape index (κ2) is 3.48. The first kappa shape index (κ1) is 9.15. The van der Waals surface area contributed by atoms with Crippen molar-refractivity contribution >= 4 is 5.69 Å². The van der Waals surface area contributed by atoms with Crippen LogP contribution in [0.3, 0.4) is 0 Å². The third kappa shape index (κ3) is 1.39. The Bertz CT molecular complexity index is 562. The minimum atomic E-state index is 0.00144. The smallest absolute Gasteiger partial charge is 0.253 e. The number of hydrogen-bond donors (Lipinski definition) is 2. The van der Waals surface area contributed by atoms with E-state index in [9.17, 15) is 4.79 Å². The lowest BCUT2D eigenvalue weighted by Gasteiger charge is -2.10. The predicted molar refractivity (Wildman–Crippen MR) is 61.4 cm³/mol. The van der Waals surface area contributed by atoms with E-state index < -0.39 is 0 Å². The Hall–Kier alpha value is -2.10. The molecule has 0 saturated heterocycles. The first-order chi connectivity index (χ1) is 7.84. The molecular formula is C12H11N3O. The highest BCUT2D eigenvalue weighted by Gasteiger charge is 2.23. The molecule has 1 unspecified atom stereocenters. The number of anilines is 1. The van der Waals surface area contributed by atoms with E-state index in [0.29, 0.717) is 0 Å². The average molecular weight is 213 g/mol. The zero-order chi connectivity index (χ0) is 11.0. The van der Waals surface area contributed by atoms with Crippen LogP contribution < -0.4 is 10.9 Å². The topological polar surface area (TPSA) is 57.8 Å². The summed E-state index contributed by atoms with van der Waals surface area (Å²) >= 11 is 0. The molecule has 0 amide bonds. The summed E-state index contributed by atoms with van der Waals surface area (Å²) in [6.45, 7) is 0. The van der Waals surface area contributed by atoms with E-state index >= 15 is 0 Å². The zero-order valence-electron chi connectivity index (χ0n) is 8.60. The number of aromatic nitrogens is 2. The van der Waals surface area contributed by atoms with E-state index in [1.165, 1.54) is 0 Å². The molecule has 3 heterocycles. The summed E-state index contributed by atoms with van der Waals surface area (Å²) in [5.41, 5.74) is 2.93. The molecule has 16 heavy (non-hydrogen) atoms. The maximum Gasteiger partial charge on any atom is 0.253 e. The minimum absolute atomic E-state index is 0.00144. The van der Waals surface area contributed by atoms with Crippen molar-refractivity contribution in [3.63, 3.8) is 0 Å². The molecule has 2 aromatic rings. The van der Waals surface area contributed by atoms with Crippen molar-refractivity contribution < 1.29 is 0 Å². The van der Waals surface area contributed by atoms with Crippen molar-refractivity contribution in [2.24, 2.45) is 0 Å². The summed E-state index contributed by atoms with van der Waals surface area (Å²) < 4.78 is 0. The fraction of sp³-hybridized carbons (Fsp3) is 0.167. The molecule has 2 aromatic heterocycles. The predicted octanol–water partition coefficient (Wildman–Crippen LogP) is 1.48. The van der Waals surface area contributed by atoms with E-state index in [4.69, 9.17) is 0 Å². The van der Waals surface area contributed by atoms with Gasteiger partial charge in [0.2, 0.25) is 0 Å². The Kier molecular flexibility index (Phi) is 1.99. The first-order valence-electron chi connectivity index (χ1n) is 5.21. The molecule has 1 atom stereocenters. The molecule has 4 heteroatoms. The van der Waals surface area contributed by atoms with E-state index in [-0.39, 0.29) is 11.6 Å². The Labute approximate surface area is 92.4 Å².